The Hall–Kier alpha value is -4.39. The minimum atomic E-state index is -4.24. The lowest BCUT2D eigenvalue weighted by Crippen LogP contribution is -2.46. The molecule has 8 heterocycles. The lowest BCUT2D eigenvalue weighted by Gasteiger charge is -2.39. The van der Waals surface area contributed by atoms with Crippen LogP contribution < -0.4 is 10.6 Å². The number of hydrogen-bond acceptors (Lipinski definition) is 12. The maximum absolute atomic E-state index is 13.6. The quantitative estimate of drug-likeness (QED) is 0.131. The van der Waals surface area contributed by atoms with E-state index in [1.807, 2.05) is 41.0 Å². The van der Waals surface area contributed by atoms with Gasteiger partial charge in [0.05, 0.1) is 61.6 Å². The van der Waals surface area contributed by atoms with E-state index in [4.69, 9.17) is 9.97 Å². The maximum Gasteiger partial charge on any atom is 0.401 e. The zero-order chi connectivity index (χ0) is 42.0. The molecule has 0 spiro atoms. The van der Waals surface area contributed by atoms with Gasteiger partial charge < -0.3 is 10.6 Å². The molecule has 2 aliphatic heterocycles. The average molecular weight is 905 g/mol. The fourth-order valence-electron chi connectivity index (χ4n) is 9.26. The van der Waals surface area contributed by atoms with Gasteiger partial charge in [-0.15, -0.1) is 45.3 Å². The van der Waals surface area contributed by atoms with E-state index in [1.54, 1.807) is 56.4 Å². The van der Waals surface area contributed by atoms with E-state index in [-0.39, 0.29) is 30.5 Å². The molecule has 17 heteroatoms. The zero-order valence-corrected chi connectivity index (χ0v) is 36.4. The first-order valence-corrected chi connectivity index (χ1v) is 23.7. The summed E-state index contributed by atoms with van der Waals surface area (Å²) in [5, 5.41) is 9.23. The molecule has 316 valence electrons. The van der Waals surface area contributed by atoms with Crippen LogP contribution in [0.15, 0.2) is 71.8 Å². The number of halogens is 5. The number of piperidine rings is 2. The molecule has 2 aromatic carbocycles. The van der Waals surface area contributed by atoms with E-state index >= 15 is 0 Å². The van der Waals surface area contributed by atoms with Crippen molar-refractivity contribution in [3.8, 4) is 11.3 Å². The Labute approximate surface area is 364 Å². The molecule has 2 N–H and O–H groups in total. The maximum atomic E-state index is 13.6. The predicted octanol–water partition coefficient (Wildman–Crippen LogP) is 13.2. The Kier molecular flexibility index (Phi) is 10.9. The Morgan fingerprint density at radius 2 is 1.41 bits per heavy atom. The molecular weight excluding hydrogens is 864 g/mol. The summed E-state index contributed by atoms with van der Waals surface area (Å²) in [5.74, 6) is 0.0778. The van der Waals surface area contributed by atoms with E-state index in [2.05, 4.69) is 63.9 Å². The summed E-state index contributed by atoms with van der Waals surface area (Å²) in [5.41, 5.74) is 10.5. The summed E-state index contributed by atoms with van der Waals surface area (Å²) >= 11 is 6.32. The van der Waals surface area contributed by atoms with Gasteiger partial charge in [0.1, 0.15) is 9.66 Å². The number of pyridine rings is 2. The van der Waals surface area contributed by atoms with Crippen LogP contribution >= 0.6 is 45.3 Å². The van der Waals surface area contributed by atoms with Crippen molar-refractivity contribution in [3.63, 3.8) is 0 Å². The van der Waals surface area contributed by atoms with Crippen molar-refractivity contribution in [1.29, 1.82) is 0 Å². The van der Waals surface area contributed by atoms with Crippen molar-refractivity contribution in [2.24, 2.45) is 0 Å². The molecule has 8 aromatic rings. The van der Waals surface area contributed by atoms with E-state index in [0.717, 1.165) is 104 Å². The number of likely N-dealkylation sites (tertiary alicyclic amines) is 2. The first-order chi connectivity index (χ1) is 29.4. The van der Waals surface area contributed by atoms with Gasteiger partial charge in [0.2, 0.25) is 0 Å². The van der Waals surface area contributed by atoms with Gasteiger partial charge >= 0.3 is 6.18 Å². The number of fused-ring (bicyclic) bond motifs is 4. The van der Waals surface area contributed by atoms with E-state index in [1.165, 1.54) is 0 Å². The minimum Gasteiger partial charge on any atom is -0.355 e. The summed E-state index contributed by atoms with van der Waals surface area (Å²) in [6.07, 6.45) is -1.56. The van der Waals surface area contributed by atoms with Gasteiger partial charge in [-0.2, -0.15) is 13.2 Å². The molecule has 0 bridgehead atoms. The number of aromatic nitrogens is 4. The van der Waals surface area contributed by atoms with Crippen LogP contribution in [-0.2, 0) is 0 Å². The highest BCUT2D eigenvalue weighted by Crippen LogP contribution is 2.45. The molecule has 6 aromatic heterocycles. The highest BCUT2D eigenvalue weighted by molar-refractivity contribution is 7.19. The third-order valence-electron chi connectivity index (χ3n) is 12.3. The molecule has 0 aliphatic carbocycles. The Bertz CT molecular complexity index is 2870. The fourth-order valence-corrected chi connectivity index (χ4v) is 13.3. The molecule has 8 nitrogen and oxygen atoms in total. The topological polar surface area (TPSA) is 82.1 Å². The number of benzene rings is 2. The van der Waals surface area contributed by atoms with Crippen LogP contribution in [-0.4, -0.2) is 80.6 Å². The summed E-state index contributed by atoms with van der Waals surface area (Å²) in [4.78, 5) is 26.6. The summed E-state index contributed by atoms with van der Waals surface area (Å²) in [6.45, 7) is 3.94. The lowest BCUT2D eigenvalue weighted by atomic mass is 9.88. The first-order valence-electron chi connectivity index (χ1n) is 20.3. The Morgan fingerprint density at radius 3 is 2.18 bits per heavy atom. The van der Waals surface area contributed by atoms with Crippen LogP contribution in [0, 0.1) is 0 Å². The molecule has 2 unspecified atom stereocenters. The van der Waals surface area contributed by atoms with Crippen LogP contribution in [0.25, 0.3) is 52.1 Å². The number of rotatable bonds is 10. The van der Waals surface area contributed by atoms with E-state index < -0.39 is 19.1 Å². The van der Waals surface area contributed by atoms with Gasteiger partial charge in [-0.3, -0.25) is 9.80 Å². The fraction of sp³-hybridized carbons (Fsp3) is 0.364. The summed E-state index contributed by atoms with van der Waals surface area (Å²) in [7, 11) is 0. The molecule has 0 amide bonds. The normalized spacial score (nSPS) is 20.8. The molecule has 61 heavy (non-hydrogen) atoms. The largest absolute Gasteiger partial charge is 0.401 e. The van der Waals surface area contributed by atoms with Gasteiger partial charge in [-0.05, 0) is 107 Å². The molecule has 2 fully saturated rings. The minimum absolute atomic E-state index is 0.0241. The van der Waals surface area contributed by atoms with Crippen molar-refractivity contribution in [3.05, 3.63) is 81.6 Å². The van der Waals surface area contributed by atoms with Crippen LogP contribution in [0.2, 0.25) is 0 Å². The lowest BCUT2D eigenvalue weighted by molar-refractivity contribution is -0.153. The monoisotopic (exact) mass is 904 g/mol. The number of thiophene rings is 2. The van der Waals surface area contributed by atoms with Crippen LogP contribution in [0.1, 0.15) is 61.1 Å². The molecule has 2 aliphatic rings. The number of nitrogens with one attached hydrogen (secondary N) is 2. The van der Waals surface area contributed by atoms with Gasteiger partial charge in [-0.1, -0.05) is 0 Å². The third kappa shape index (κ3) is 8.20. The smallest absolute Gasteiger partial charge is 0.355 e. The number of nitrogens with zero attached hydrogens (tertiary/aromatic N) is 6. The molecule has 10 rings (SSSR count). The number of thiazole rings is 2. The van der Waals surface area contributed by atoms with Gasteiger partial charge in [0, 0.05) is 67.6 Å². The standard InChI is InChI=1S/C44H41F5N8S4/c1-23-27(5-3-11-56(23)19-40(45)46)39-17-31-34(53-25-7-8-37-35(14-25)51-21-58-37)18-33(55-43(31)61-39)29-13-26(15-36-41(29)59-22-52-36)54-32-9-10-50-42-30(32)16-38(60-42)28-6-4-12-57(24(28)2)20-44(47,48)49/h7-10,13-18,21-24,27-28,40H,3-6,11-12,19-20H2,1-2H3,(H,50,54)(H,53,55)/t23-,24?,27-,28?/m0/s1. The average Bonchev–Trinajstić information content (AvgIpc) is 4.05. The SMILES string of the molecule is CC1C(c2cc3c(Nc4cc(-c5cc(Nc6ccc7scnc7c6)c6cc([C@H]7CCCN(CC(F)F)[C@H]7C)sc6n5)c5scnc5c4)ccnc3s2)CCCN1CC(F)(F)F. The molecule has 0 saturated carbocycles. The van der Waals surface area contributed by atoms with Crippen LogP contribution in [0.4, 0.5) is 44.7 Å². The van der Waals surface area contributed by atoms with Crippen molar-refractivity contribution >= 4 is 109 Å². The molecule has 2 saturated heterocycles. The van der Waals surface area contributed by atoms with E-state index in [9.17, 15) is 22.0 Å². The van der Waals surface area contributed by atoms with Crippen molar-refractivity contribution in [2.45, 2.75) is 76.1 Å². The molecule has 0 radical (unpaired) electrons. The second kappa shape index (κ2) is 16.4. The highest BCUT2D eigenvalue weighted by atomic mass is 32.1. The predicted molar refractivity (Wildman–Crippen MR) is 242 cm³/mol. The van der Waals surface area contributed by atoms with Crippen molar-refractivity contribution in [1.82, 2.24) is 29.7 Å². The van der Waals surface area contributed by atoms with Gasteiger partial charge in [-0.25, -0.2) is 28.7 Å². The highest BCUT2D eigenvalue weighted by Gasteiger charge is 2.38. The van der Waals surface area contributed by atoms with Crippen LogP contribution in [0.5, 0.6) is 0 Å². The van der Waals surface area contributed by atoms with Crippen molar-refractivity contribution in [2.75, 3.05) is 36.8 Å². The second-order valence-corrected chi connectivity index (χ2v) is 20.0. The second-order valence-electron chi connectivity index (χ2n) is 16.1. The zero-order valence-electron chi connectivity index (χ0n) is 33.2. The Morgan fingerprint density at radius 1 is 0.738 bits per heavy atom. The number of anilines is 4. The van der Waals surface area contributed by atoms with Crippen molar-refractivity contribution < 1.29 is 22.0 Å². The summed E-state index contributed by atoms with van der Waals surface area (Å²) in [6, 6.07) is 18.3. The molecule has 4 atom stereocenters. The van der Waals surface area contributed by atoms with E-state index in [0.29, 0.717) is 19.5 Å². The van der Waals surface area contributed by atoms with Gasteiger partial charge in [0.25, 0.3) is 6.43 Å². The Balaban J connectivity index is 1.02. The first kappa shape index (κ1) is 40.7. The van der Waals surface area contributed by atoms with Crippen LogP contribution in [0.3, 0.4) is 0 Å². The van der Waals surface area contributed by atoms with Gasteiger partial charge in [0.15, 0.2) is 0 Å². The summed E-state index contributed by atoms with van der Waals surface area (Å²) < 4.78 is 69.5. The number of alkyl halides is 5. The molecular formula is C44H41F5N8S4. The number of hydrogen-bond donors (Lipinski definition) is 2. The third-order valence-corrected chi connectivity index (χ3v) is 16.3.